The summed E-state index contributed by atoms with van der Waals surface area (Å²) in [4.78, 5) is 2.17. The first-order valence-electron chi connectivity index (χ1n) is 8.60. The Labute approximate surface area is 144 Å². The highest BCUT2D eigenvalue weighted by atomic mass is 19.1. The maximum atomic E-state index is 14.3. The minimum absolute atomic E-state index is 0.114. The minimum atomic E-state index is -0.244. The van der Waals surface area contributed by atoms with Crippen molar-refractivity contribution >= 4 is 0 Å². The van der Waals surface area contributed by atoms with E-state index in [1.807, 2.05) is 20.0 Å². The van der Waals surface area contributed by atoms with Crippen LogP contribution < -0.4 is 10.6 Å². The lowest BCUT2D eigenvalue weighted by molar-refractivity contribution is 0.264. The van der Waals surface area contributed by atoms with Crippen LogP contribution in [0.25, 0.3) is 0 Å². The van der Waals surface area contributed by atoms with Gasteiger partial charge in [-0.25, -0.2) is 8.78 Å². The highest BCUT2D eigenvalue weighted by Crippen LogP contribution is 2.21. The van der Waals surface area contributed by atoms with Gasteiger partial charge in [-0.1, -0.05) is 12.1 Å². The quantitative estimate of drug-likeness (QED) is 0.833. The van der Waals surface area contributed by atoms with Crippen LogP contribution in [-0.4, -0.2) is 36.6 Å². The van der Waals surface area contributed by atoms with Crippen molar-refractivity contribution in [3.63, 3.8) is 0 Å². The van der Waals surface area contributed by atoms with Gasteiger partial charge in [-0.05, 0) is 51.9 Å². The van der Waals surface area contributed by atoms with Crippen molar-refractivity contribution in [3.05, 3.63) is 46.5 Å². The molecule has 2 N–H and O–H groups in total. The Hall–Kier alpha value is -1.30. The first kappa shape index (κ1) is 19.0. The summed E-state index contributed by atoms with van der Waals surface area (Å²) in [6.45, 7) is 9.57. The van der Waals surface area contributed by atoms with E-state index in [4.69, 9.17) is 0 Å². The summed E-state index contributed by atoms with van der Waals surface area (Å²) in [6.07, 6.45) is 0. The zero-order chi connectivity index (χ0) is 17.9. The molecular weight excluding hydrogens is 308 g/mol. The highest BCUT2D eigenvalue weighted by Gasteiger charge is 2.24. The van der Waals surface area contributed by atoms with E-state index < -0.39 is 0 Å². The van der Waals surface area contributed by atoms with E-state index in [0.717, 1.165) is 5.56 Å². The average molecular weight is 337 g/mol. The molecule has 2 unspecified atom stereocenters. The van der Waals surface area contributed by atoms with E-state index in [1.165, 1.54) is 6.07 Å². The van der Waals surface area contributed by atoms with Gasteiger partial charge in [0, 0.05) is 37.3 Å². The lowest BCUT2D eigenvalue weighted by Gasteiger charge is -2.29. The number of nitrogens with one attached hydrogen (secondary N) is 2. The van der Waals surface area contributed by atoms with Gasteiger partial charge in [-0.15, -0.1) is 0 Å². The fourth-order valence-corrected chi connectivity index (χ4v) is 2.90. The van der Waals surface area contributed by atoms with Crippen molar-refractivity contribution in [1.29, 1.82) is 0 Å². The average Bonchev–Trinajstić information content (AvgIpc) is 2.53. The standard InChI is InChI=1S/C19H29F2N3/c1-12(2)24(5)11-15-7-6-8-17(20)16(15)9-23-18-10-22-14(4)19(21)13(18)3/h6-8,12,14,18,22-23H,9-11H2,1-5H3. The SMILES string of the molecule is CC1=C(F)C(C)NCC1NCc1c(F)cccc1CN(C)C(C)C. The molecule has 2 atom stereocenters. The van der Waals surface area contributed by atoms with Crippen LogP contribution in [0.5, 0.6) is 0 Å². The van der Waals surface area contributed by atoms with E-state index >= 15 is 0 Å². The molecule has 0 fully saturated rings. The van der Waals surface area contributed by atoms with Crippen LogP contribution in [0.15, 0.2) is 29.6 Å². The summed E-state index contributed by atoms with van der Waals surface area (Å²) in [5.41, 5.74) is 2.34. The van der Waals surface area contributed by atoms with Crippen LogP contribution in [0.4, 0.5) is 8.78 Å². The molecule has 0 spiro atoms. The van der Waals surface area contributed by atoms with E-state index in [1.54, 1.807) is 13.0 Å². The van der Waals surface area contributed by atoms with Crippen LogP contribution in [0.3, 0.4) is 0 Å². The highest BCUT2D eigenvalue weighted by molar-refractivity contribution is 5.29. The first-order chi connectivity index (χ1) is 11.3. The molecule has 5 heteroatoms. The van der Waals surface area contributed by atoms with E-state index in [-0.39, 0.29) is 23.7 Å². The van der Waals surface area contributed by atoms with E-state index in [9.17, 15) is 8.78 Å². The lowest BCUT2D eigenvalue weighted by Crippen LogP contribution is -2.47. The second kappa shape index (κ2) is 8.19. The van der Waals surface area contributed by atoms with Crippen molar-refractivity contribution in [2.45, 2.75) is 58.9 Å². The maximum Gasteiger partial charge on any atom is 0.128 e. The van der Waals surface area contributed by atoms with Crippen molar-refractivity contribution < 1.29 is 8.78 Å². The first-order valence-corrected chi connectivity index (χ1v) is 8.60. The molecule has 2 rings (SSSR count). The minimum Gasteiger partial charge on any atom is -0.306 e. The van der Waals surface area contributed by atoms with Gasteiger partial charge < -0.3 is 10.6 Å². The fourth-order valence-electron chi connectivity index (χ4n) is 2.90. The van der Waals surface area contributed by atoms with Crippen LogP contribution >= 0.6 is 0 Å². The number of nitrogens with zero attached hydrogens (tertiary/aromatic N) is 1. The molecule has 24 heavy (non-hydrogen) atoms. The van der Waals surface area contributed by atoms with Gasteiger partial charge in [0.1, 0.15) is 11.6 Å². The van der Waals surface area contributed by atoms with Gasteiger partial charge in [0.05, 0.1) is 6.04 Å². The molecule has 0 aliphatic carbocycles. The predicted octanol–water partition coefficient (Wildman–Crippen LogP) is 3.36. The van der Waals surface area contributed by atoms with Crippen molar-refractivity contribution in [1.82, 2.24) is 15.5 Å². The number of hydrogen-bond donors (Lipinski definition) is 2. The topological polar surface area (TPSA) is 27.3 Å². The molecule has 1 aromatic carbocycles. The van der Waals surface area contributed by atoms with Crippen LogP contribution in [0.2, 0.25) is 0 Å². The summed E-state index contributed by atoms with van der Waals surface area (Å²) in [7, 11) is 2.03. The maximum absolute atomic E-state index is 14.3. The largest absolute Gasteiger partial charge is 0.306 e. The van der Waals surface area contributed by atoms with E-state index in [2.05, 4.69) is 29.4 Å². The molecule has 0 radical (unpaired) electrons. The van der Waals surface area contributed by atoms with Crippen molar-refractivity contribution in [2.24, 2.45) is 0 Å². The summed E-state index contributed by atoms with van der Waals surface area (Å²) >= 11 is 0. The molecular formula is C19H29F2N3. The Bertz CT molecular complexity index is 598. The molecule has 3 nitrogen and oxygen atoms in total. The second-order valence-corrected chi connectivity index (χ2v) is 6.98. The third-order valence-electron chi connectivity index (χ3n) is 4.95. The molecule has 0 amide bonds. The predicted molar refractivity (Wildman–Crippen MR) is 94.9 cm³/mol. The molecule has 0 saturated heterocycles. The monoisotopic (exact) mass is 337 g/mol. The number of halogens is 2. The molecule has 1 heterocycles. The molecule has 1 aromatic rings. The molecule has 0 aromatic heterocycles. The number of hydrogen-bond acceptors (Lipinski definition) is 3. The summed E-state index contributed by atoms with van der Waals surface area (Å²) < 4.78 is 28.4. The third-order valence-corrected chi connectivity index (χ3v) is 4.95. The van der Waals surface area contributed by atoms with Crippen molar-refractivity contribution in [3.8, 4) is 0 Å². The van der Waals surface area contributed by atoms with Gasteiger partial charge >= 0.3 is 0 Å². The van der Waals surface area contributed by atoms with E-state index in [0.29, 0.717) is 36.8 Å². The molecule has 1 aliphatic rings. The third kappa shape index (κ3) is 4.41. The second-order valence-electron chi connectivity index (χ2n) is 6.98. The smallest absolute Gasteiger partial charge is 0.128 e. The van der Waals surface area contributed by atoms with Crippen molar-refractivity contribution in [2.75, 3.05) is 13.6 Å². The van der Waals surface area contributed by atoms with Gasteiger partial charge in [-0.2, -0.15) is 0 Å². The fraction of sp³-hybridized carbons (Fsp3) is 0.579. The zero-order valence-electron chi connectivity index (χ0n) is 15.3. The van der Waals surface area contributed by atoms with Crippen LogP contribution in [0.1, 0.15) is 38.8 Å². The Morgan fingerprint density at radius 1 is 1.33 bits per heavy atom. The zero-order valence-corrected chi connectivity index (χ0v) is 15.3. The van der Waals surface area contributed by atoms with Crippen LogP contribution in [-0.2, 0) is 13.1 Å². The molecule has 0 saturated carbocycles. The molecule has 0 bridgehead atoms. The Balaban J connectivity index is 2.12. The molecule has 1 aliphatic heterocycles. The summed E-state index contributed by atoms with van der Waals surface area (Å²) in [6, 6.07) is 5.22. The van der Waals surface area contributed by atoms with Gasteiger partial charge in [0.25, 0.3) is 0 Å². The van der Waals surface area contributed by atoms with Gasteiger partial charge in [0.2, 0.25) is 0 Å². The van der Waals surface area contributed by atoms with Gasteiger partial charge in [-0.3, -0.25) is 4.90 Å². The Morgan fingerprint density at radius 3 is 2.71 bits per heavy atom. The Morgan fingerprint density at radius 2 is 2.04 bits per heavy atom. The number of rotatable bonds is 6. The lowest BCUT2D eigenvalue weighted by atomic mass is 9.99. The van der Waals surface area contributed by atoms with Gasteiger partial charge in [0.15, 0.2) is 0 Å². The number of benzene rings is 1. The summed E-state index contributed by atoms with van der Waals surface area (Å²) in [5, 5.41) is 6.43. The molecule has 134 valence electrons. The van der Waals surface area contributed by atoms with Crippen LogP contribution in [0, 0.1) is 5.82 Å². The summed E-state index contributed by atoms with van der Waals surface area (Å²) in [5.74, 6) is -0.330. The Kier molecular flexibility index (Phi) is 6.49. The normalized spacial score (nSPS) is 21.9.